The molecule has 1 aromatic rings. The van der Waals surface area contributed by atoms with Crippen molar-refractivity contribution in [1.29, 1.82) is 0 Å². The maximum atomic E-state index is 12.1. The van der Waals surface area contributed by atoms with Gasteiger partial charge in [-0.1, -0.05) is 31.4 Å². The average molecular weight is 218 g/mol. The van der Waals surface area contributed by atoms with Gasteiger partial charge in [0.2, 0.25) is 0 Å². The molecule has 1 fully saturated rings. The van der Waals surface area contributed by atoms with E-state index in [4.69, 9.17) is 4.74 Å². The van der Waals surface area contributed by atoms with Crippen molar-refractivity contribution in [2.45, 2.75) is 32.6 Å². The van der Waals surface area contributed by atoms with Crippen LogP contribution in [-0.2, 0) is 0 Å². The second kappa shape index (κ2) is 5.15. The van der Waals surface area contributed by atoms with Gasteiger partial charge in [0.25, 0.3) is 0 Å². The number of carbonyl (C=O) groups is 1. The van der Waals surface area contributed by atoms with E-state index in [2.05, 4.69) is 0 Å². The van der Waals surface area contributed by atoms with Gasteiger partial charge in [-0.15, -0.1) is 0 Å². The van der Waals surface area contributed by atoms with Crippen molar-refractivity contribution in [3.05, 3.63) is 29.8 Å². The molecule has 2 rings (SSSR count). The van der Waals surface area contributed by atoms with E-state index in [0.29, 0.717) is 18.9 Å². The van der Waals surface area contributed by atoms with Gasteiger partial charge in [0.05, 0.1) is 12.2 Å². The van der Waals surface area contributed by atoms with Gasteiger partial charge < -0.3 is 4.74 Å². The van der Waals surface area contributed by atoms with Crippen molar-refractivity contribution >= 4 is 5.78 Å². The summed E-state index contributed by atoms with van der Waals surface area (Å²) < 4.78 is 5.47. The average Bonchev–Trinajstić information content (AvgIpc) is 2.24. The van der Waals surface area contributed by atoms with E-state index >= 15 is 0 Å². The maximum Gasteiger partial charge on any atom is 0.166 e. The van der Waals surface area contributed by atoms with Crippen molar-refractivity contribution in [1.82, 2.24) is 0 Å². The highest BCUT2D eigenvalue weighted by Crippen LogP contribution is 2.31. The van der Waals surface area contributed by atoms with Gasteiger partial charge in [0.15, 0.2) is 5.78 Å². The Morgan fingerprint density at radius 3 is 2.75 bits per heavy atom. The Hall–Kier alpha value is -1.31. The molecule has 86 valence electrons. The quantitative estimate of drug-likeness (QED) is 0.707. The second-order valence-corrected chi connectivity index (χ2v) is 4.35. The summed E-state index contributed by atoms with van der Waals surface area (Å²) in [4.78, 5) is 12.1. The standard InChI is InChI=1S/C14H18O2/c1-2-16-14-9-4-3-8-12(14)13(15)10-11-6-5-7-11/h3-4,8-9,11H,2,5-7,10H2,1H3. The molecule has 0 atom stereocenters. The number of Topliss-reactive ketones (excluding diaryl/α,β-unsaturated/α-hetero) is 1. The van der Waals surface area contributed by atoms with Crippen molar-refractivity contribution < 1.29 is 9.53 Å². The van der Waals surface area contributed by atoms with Crippen LogP contribution in [0.2, 0.25) is 0 Å². The molecule has 0 unspecified atom stereocenters. The number of benzene rings is 1. The van der Waals surface area contributed by atoms with Gasteiger partial charge in [-0.25, -0.2) is 0 Å². The SMILES string of the molecule is CCOc1ccccc1C(=O)CC1CCC1. The van der Waals surface area contributed by atoms with Crippen LogP contribution in [0.25, 0.3) is 0 Å². The highest BCUT2D eigenvalue weighted by Gasteiger charge is 2.22. The number of rotatable bonds is 5. The lowest BCUT2D eigenvalue weighted by Gasteiger charge is -2.24. The Kier molecular flexibility index (Phi) is 3.60. The van der Waals surface area contributed by atoms with Crippen LogP contribution in [0, 0.1) is 5.92 Å². The number of hydrogen-bond donors (Lipinski definition) is 0. The van der Waals surface area contributed by atoms with E-state index in [1.54, 1.807) is 0 Å². The normalized spacial score (nSPS) is 15.6. The topological polar surface area (TPSA) is 26.3 Å². The number of ketones is 1. The molecule has 1 aliphatic rings. The first-order valence-electron chi connectivity index (χ1n) is 6.06. The lowest BCUT2D eigenvalue weighted by Crippen LogP contribution is -2.16. The Labute approximate surface area is 96.6 Å². The summed E-state index contributed by atoms with van der Waals surface area (Å²) in [5.74, 6) is 1.57. The number of hydrogen-bond acceptors (Lipinski definition) is 2. The van der Waals surface area contributed by atoms with Gasteiger partial charge >= 0.3 is 0 Å². The summed E-state index contributed by atoms with van der Waals surface area (Å²) in [7, 11) is 0. The zero-order chi connectivity index (χ0) is 11.4. The highest BCUT2D eigenvalue weighted by molar-refractivity contribution is 5.98. The van der Waals surface area contributed by atoms with Crippen molar-refractivity contribution in [2.75, 3.05) is 6.61 Å². The van der Waals surface area contributed by atoms with Crippen LogP contribution >= 0.6 is 0 Å². The Balaban J connectivity index is 2.08. The molecule has 0 saturated heterocycles. The maximum absolute atomic E-state index is 12.1. The van der Waals surface area contributed by atoms with E-state index in [1.807, 2.05) is 31.2 Å². The molecule has 1 saturated carbocycles. The fourth-order valence-electron chi connectivity index (χ4n) is 2.05. The zero-order valence-corrected chi connectivity index (χ0v) is 9.74. The molecular weight excluding hydrogens is 200 g/mol. The van der Waals surface area contributed by atoms with Crippen LogP contribution in [0.1, 0.15) is 43.0 Å². The van der Waals surface area contributed by atoms with E-state index in [9.17, 15) is 4.79 Å². The first kappa shape index (κ1) is 11.2. The third-order valence-corrected chi connectivity index (χ3v) is 3.19. The number of para-hydroxylation sites is 1. The highest BCUT2D eigenvalue weighted by atomic mass is 16.5. The van der Waals surface area contributed by atoms with Gasteiger partial charge in [-0.05, 0) is 25.0 Å². The van der Waals surface area contributed by atoms with Crippen LogP contribution < -0.4 is 4.74 Å². The van der Waals surface area contributed by atoms with Crippen LogP contribution in [0.3, 0.4) is 0 Å². The number of carbonyl (C=O) groups excluding carboxylic acids is 1. The van der Waals surface area contributed by atoms with Crippen molar-refractivity contribution in [2.24, 2.45) is 5.92 Å². The van der Waals surface area contributed by atoms with E-state index in [-0.39, 0.29) is 5.78 Å². The van der Waals surface area contributed by atoms with E-state index in [1.165, 1.54) is 19.3 Å². The minimum Gasteiger partial charge on any atom is -0.493 e. The van der Waals surface area contributed by atoms with Gasteiger partial charge in [0.1, 0.15) is 5.75 Å². The first-order chi connectivity index (χ1) is 7.81. The molecule has 16 heavy (non-hydrogen) atoms. The summed E-state index contributed by atoms with van der Waals surface area (Å²) in [6.45, 7) is 2.54. The van der Waals surface area contributed by atoms with Gasteiger partial charge in [-0.3, -0.25) is 4.79 Å². The van der Waals surface area contributed by atoms with Gasteiger partial charge in [-0.2, -0.15) is 0 Å². The first-order valence-corrected chi connectivity index (χ1v) is 6.06. The lowest BCUT2D eigenvalue weighted by atomic mass is 9.81. The summed E-state index contributed by atoms with van der Waals surface area (Å²) in [5, 5.41) is 0. The molecule has 0 aromatic heterocycles. The summed E-state index contributed by atoms with van der Waals surface area (Å²) >= 11 is 0. The number of ether oxygens (including phenoxy) is 1. The Morgan fingerprint density at radius 2 is 2.12 bits per heavy atom. The van der Waals surface area contributed by atoms with Crippen molar-refractivity contribution in [3.63, 3.8) is 0 Å². The fraction of sp³-hybridized carbons (Fsp3) is 0.500. The van der Waals surface area contributed by atoms with E-state index < -0.39 is 0 Å². The molecule has 0 spiro atoms. The molecule has 0 aliphatic heterocycles. The predicted octanol–water partition coefficient (Wildman–Crippen LogP) is 3.46. The molecule has 2 heteroatoms. The summed E-state index contributed by atoms with van der Waals surface area (Å²) in [6.07, 6.45) is 4.39. The molecule has 0 bridgehead atoms. The van der Waals surface area contributed by atoms with Crippen LogP contribution in [0.4, 0.5) is 0 Å². The minimum atomic E-state index is 0.230. The molecule has 0 heterocycles. The smallest absolute Gasteiger partial charge is 0.166 e. The molecule has 2 nitrogen and oxygen atoms in total. The predicted molar refractivity (Wildman–Crippen MR) is 63.9 cm³/mol. The van der Waals surface area contributed by atoms with Crippen LogP contribution in [0.15, 0.2) is 24.3 Å². The Bertz CT molecular complexity index is 367. The monoisotopic (exact) mass is 218 g/mol. The molecule has 1 aliphatic carbocycles. The molecule has 0 radical (unpaired) electrons. The molecule has 1 aromatic carbocycles. The Morgan fingerprint density at radius 1 is 1.38 bits per heavy atom. The fourth-order valence-corrected chi connectivity index (χ4v) is 2.05. The lowest BCUT2D eigenvalue weighted by molar-refractivity contribution is 0.0933. The van der Waals surface area contributed by atoms with Gasteiger partial charge in [0, 0.05) is 6.42 Å². The zero-order valence-electron chi connectivity index (χ0n) is 9.74. The van der Waals surface area contributed by atoms with Crippen LogP contribution in [-0.4, -0.2) is 12.4 Å². The minimum absolute atomic E-state index is 0.230. The largest absolute Gasteiger partial charge is 0.493 e. The second-order valence-electron chi connectivity index (χ2n) is 4.35. The summed E-state index contributed by atoms with van der Waals surface area (Å²) in [5.41, 5.74) is 0.747. The van der Waals surface area contributed by atoms with Crippen molar-refractivity contribution in [3.8, 4) is 5.75 Å². The third-order valence-electron chi connectivity index (χ3n) is 3.19. The third kappa shape index (κ3) is 2.43. The molecular formula is C14H18O2. The molecule has 0 amide bonds. The summed E-state index contributed by atoms with van der Waals surface area (Å²) in [6, 6.07) is 7.55. The van der Waals surface area contributed by atoms with Crippen LogP contribution in [0.5, 0.6) is 5.75 Å². The van der Waals surface area contributed by atoms with E-state index in [0.717, 1.165) is 11.3 Å². The molecule has 0 N–H and O–H groups in total.